The zero-order valence-electron chi connectivity index (χ0n) is 14.8. The van der Waals surface area contributed by atoms with Gasteiger partial charge in [-0.1, -0.05) is 30.3 Å². The van der Waals surface area contributed by atoms with Crippen LogP contribution in [0, 0.1) is 10.1 Å². The minimum absolute atomic E-state index is 0.0315. The van der Waals surface area contributed by atoms with E-state index in [-0.39, 0.29) is 5.69 Å². The molecule has 0 bridgehead atoms. The first-order valence-corrected chi connectivity index (χ1v) is 9.11. The number of rotatable bonds is 3. The maximum absolute atomic E-state index is 10.8. The van der Waals surface area contributed by atoms with Crippen LogP contribution in [-0.2, 0) is 12.8 Å². The number of hydrogen-bond donors (Lipinski definition) is 2. The molecule has 1 aliphatic heterocycles. The van der Waals surface area contributed by atoms with Crippen molar-refractivity contribution >= 4 is 21.6 Å². The number of aliphatic hydroxyl groups is 1. The maximum Gasteiger partial charge on any atom is 0.287 e. The van der Waals surface area contributed by atoms with Gasteiger partial charge >= 0.3 is 0 Å². The molecule has 0 aromatic heterocycles. The van der Waals surface area contributed by atoms with Gasteiger partial charge in [0.25, 0.3) is 5.69 Å². The highest BCUT2D eigenvalue weighted by molar-refractivity contribution is 9.10. The van der Waals surface area contributed by atoms with Crippen LogP contribution in [0.5, 0.6) is 5.75 Å². The fourth-order valence-corrected chi connectivity index (χ4v) is 3.13. The van der Waals surface area contributed by atoms with Gasteiger partial charge in [0.05, 0.1) is 21.6 Å². The third kappa shape index (κ3) is 5.03. The number of nitro groups is 1. The predicted molar refractivity (Wildman–Crippen MR) is 104 cm³/mol. The Hall–Kier alpha value is -1.96. The monoisotopic (exact) mass is 422 g/mol. The molecule has 3 N–H and O–H groups in total. The topological polar surface area (TPSA) is 98.6 Å². The number of halogens is 1. The molecule has 0 saturated heterocycles. The van der Waals surface area contributed by atoms with E-state index in [1.807, 2.05) is 18.2 Å². The standard InChI is InChI=1S/C11H12BrNO4.C8H11N/c1-11(2)10(14)4-6-3-7(12)8(13(15)16)5-9(6)17-11;9-7-6-8-4-2-1-3-5-8/h3,5,10,14H,4H2,1-2H3;1-5H,6-7,9H2. The Morgan fingerprint density at radius 2 is 2.00 bits per heavy atom. The second kappa shape index (κ2) is 8.62. The SMILES string of the molecule is CC1(C)Oc2cc([N+](=O)[O-])c(Br)cc2CC1O.NCCc1ccccc1. The van der Waals surface area contributed by atoms with Crippen LogP contribution >= 0.6 is 15.9 Å². The molecule has 0 amide bonds. The third-order valence-electron chi connectivity index (χ3n) is 4.19. The fourth-order valence-electron chi connectivity index (χ4n) is 2.60. The van der Waals surface area contributed by atoms with Crippen LogP contribution < -0.4 is 10.5 Å². The van der Waals surface area contributed by atoms with E-state index >= 15 is 0 Å². The van der Waals surface area contributed by atoms with E-state index in [2.05, 4.69) is 28.1 Å². The van der Waals surface area contributed by atoms with E-state index in [1.165, 1.54) is 11.6 Å². The molecular weight excluding hydrogens is 400 g/mol. The molecule has 1 unspecified atom stereocenters. The van der Waals surface area contributed by atoms with Crippen molar-refractivity contribution in [3.8, 4) is 5.75 Å². The lowest BCUT2D eigenvalue weighted by molar-refractivity contribution is -0.385. The molecule has 0 saturated carbocycles. The first-order chi connectivity index (χ1) is 12.2. The molecule has 1 atom stereocenters. The molecule has 1 heterocycles. The van der Waals surface area contributed by atoms with Crippen LogP contribution in [-0.4, -0.2) is 28.3 Å². The average molecular weight is 423 g/mol. The summed E-state index contributed by atoms with van der Waals surface area (Å²) in [6.45, 7) is 4.26. The lowest BCUT2D eigenvalue weighted by Gasteiger charge is -2.36. The number of benzene rings is 2. The van der Waals surface area contributed by atoms with Gasteiger partial charge in [0, 0.05) is 6.42 Å². The Morgan fingerprint density at radius 3 is 2.58 bits per heavy atom. The van der Waals surface area contributed by atoms with Crippen molar-refractivity contribution in [2.24, 2.45) is 5.73 Å². The van der Waals surface area contributed by atoms with E-state index < -0.39 is 16.6 Å². The van der Waals surface area contributed by atoms with Gasteiger partial charge in [0.2, 0.25) is 0 Å². The van der Waals surface area contributed by atoms with Crippen molar-refractivity contribution in [1.82, 2.24) is 0 Å². The zero-order chi connectivity index (χ0) is 19.3. The van der Waals surface area contributed by atoms with Gasteiger partial charge in [-0.3, -0.25) is 10.1 Å². The number of nitrogens with two attached hydrogens (primary N) is 1. The number of nitrogens with zero attached hydrogens (tertiary/aromatic N) is 1. The van der Waals surface area contributed by atoms with Crippen molar-refractivity contribution in [2.75, 3.05) is 6.54 Å². The van der Waals surface area contributed by atoms with E-state index in [0.29, 0.717) is 16.6 Å². The lowest BCUT2D eigenvalue weighted by Crippen LogP contribution is -2.46. The van der Waals surface area contributed by atoms with Gasteiger partial charge in [-0.05, 0) is 59.9 Å². The van der Waals surface area contributed by atoms with Crippen LogP contribution in [0.15, 0.2) is 46.9 Å². The molecule has 0 spiro atoms. The van der Waals surface area contributed by atoms with Gasteiger partial charge in [-0.2, -0.15) is 0 Å². The van der Waals surface area contributed by atoms with Crippen molar-refractivity contribution in [3.63, 3.8) is 0 Å². The number of nitro benzene ring substituents is 1. The Morgan fingerprint density at radius 1 is 1.35 bits per heavy atom. The van der Waals surface area contributed by atoms with Crippen LogP contribution in [0.4, 0.5) is 5.69 Å². The second-order valence-corrected chi connectivity index (χ2v) is 7.47. The van der Waals surface area contributed by atoms with Crippen molar-refractivity contribution in [2.45, 2.75) is 38.4 Å². The van der Waals surface area contributed by atoms with Crippen LogP contribution in [0.3, 0.4) is 0 Å². The number of ether oxygens (including phenoxy) is 1. The van der Waals surface area contributed by atoms with Crippen molar-refractivity contribution in [1.29, 1.82) is 0 Å². The van der Waals surface area contributed by atoms with Crippen LogP contribution in [0.2, 0.25) is 0 Å². The second-order valence-electron chi connectivity index (χ2n) is 6.62. The molecular formula is C19H23BrN2O4. The van der Waals surface area contributed by atoms with E-state index in [1.54, 1.807) is 19.9 Å². The highest BCUT2D eigenvalue weighted by Crippen LogP contribution is 2.39. The van der Waals surface area contributed by atoms with Gasteiger partial charge < -0.3 is 15.6 Å². The van der Waals surface area contributed by atoms with E-state index in [9.17, 15) is 15.2 Å². The molecule has 3 rings (SSSR count). The molecule has 0 radical (unpaired) electrons. The zero-order valence-corrected chi connectivity index (χ0v) is 16.4. The number of fused-ring (bicyclic) bond motifs is 1. The maximum atomic E-state index is 10.8. The van der Waals surface area contributed by atoms with Gasteiger partial charge in [0.15, 0.2) is 0 Å². The van der Waals surface area contributed by atoms with Gasteiger partial charge in [-0.15, -0.1) is 0 Å². The van der Waals surface area contributed by atoms with E-state index in [0.717, 1.165) is 18.5 Å². The Labute approximate surface area is 161 Å². The summed E-state index contributed by atoms with van der Waals surface area (Å²) in [7, 11) is 0. The molecule has 1 aliphatic rings. The Balaban J connectivity index is 0.000000228. The minimum Gasteiger partial charge on any atom is -0.485 e. The van der Waals surface area contributed by atoms with Crippen LogP contribution in [0.25, 0.3) is 0 Å². The predicted octanol–water partition coefficient (Wildman–Crippen LogP) is 3.62. The van der Waals surface area contributed by atoms with Gasteiger partial charge in [-0.25, -0.2) is 0 Å². The summed E-state index contributed by atoms with van der Waals surface area (Å²) in [6.07, 6.45) is 0.795. The molecule has 140 valence electrons. The average Bonchev–Trinajstić information content (AvgIpc) is 2.57. The summed E-state index contributed by atoms with van der Waals surface area (Å²) in [4.78, 5) is 10.3. The summed E-state index contributed by atoms with van der Waals surface area (Å²) in [5, 5.41) is 20.7. The lowest BCUT2D eigenvalue weighted by atomic mass is 9.91. The molecule has 0 aliphatic carbocycles. The number of aliphatic hydroxyl groups excluding tert-OH is 1. The normalized spacial score (nSPS) is 17.3. The summed E-state index contributed by atoms with van der Waals surface area (Å²) in [5.74, 6) is 0.468. The van der Waals surface area contributed by atoms with Crippen molar-refractivity contribution in [3.05, 3.63) is 68.2 Å². The van der Waals surface area contributed by atoms with Crippen LogP contribution in [0.1, 0.15) is 25.0 Å². The summed E-state index contributed by atoms with van der Waals surface area (Å²) >= 11 is 3.15. The first kappa shape index (κ1) is 20.4. The summed E-state index contributed by atoms with van der Waals surface area (Å²) < 4.78 is 6.00. The first-order valence-electron chi connectivity index (χ1n) is 8.32. The largest absolute Gasteiger partial charge is 0.485 e. The van der Waals surface area contributed by atoms with Crippen molar-refractivity contribution < 1.29 is 14.8 Å². The fraction of sp³-hybridized carbons (Fsp3) is 0.368. The molecule has 26 heavy (non-hydrogen) atoms. The smallest absolute Gasteiger partial charge is 0.287 e. The molecule has 6 nitrogen and oxygen atoms in total. The highest BCUT2D eigenvalue weighted by atomic mass is 79.9. The molecule has 2 aromatic rings. The summed E-state index contributed by atoms with van der Waals surface area (Å²) in [5.41, 5.74) is 6.69. The quantitative estimate of drug-likeness (QED) is 0.581. The van der Waals surface area contributed by atoms with Gasteiger partial charge in [0.1, 0.15) is 11.4 Å². The Kier molecular flexibility index (Phi) is 6.75. The number of hydrogen-bond acceptors (Lipinski definition) is 5. The Bertz CT molecular complexity index is 766. The molecule has 2 aromatic carbocycles. The van der Waals surface area contributed by atoms with E-state index in [4.69, 9.17) is 10.5 Å². The molecule has 7 heteroatoms. The third-order valence-corrected chi connectivity index (χ3v) is 4.83. The minimum atomic E-state index is -0.727. The summed E-state index contributed by atoms with van der Waals surface area (Å²) in [6, 6.07) is 13.3. The highest BCUT2D eigenvalue weighted by Gasteiger charge is 2.36. The molecule has 0 fully saturated rings.